The summed E-state index contributed by atoms with van der Waals surface area (Å²) in [4.78, 5) is 15.9. The molecule has 1 N–H and O–H groups in total. The van der Waals surface area contributed by atoms with E-state index in [2.05, 4.69) is 16.0 Å². The summed E-state index contributed by atoms with van der Waals surface area (Å²) in [6.45, 7) is 5.59. The number of carbonyl (C=O) groups is 1. The van der Waals surface area contributed by atoms with Gasteiger partial charge >= 0.3 is 0 Å². The van der Waals surface area contributed by atoms with Crippen LogP contribution >= 0.6 is 0 Å². The summed E-state index contributed by atoms with van der Waals surface area (Å²) in [5, 5.41) is 2.85. The van der Waals surface area contributed by atoms with Crippen molar-refractivity contribution in [2.24, 2.45) is 0 Å². The molecule has 0 unspecified atom stereocenters. The van der Waals surface area contributed by atoms with Gasteiger partial charge in [0.2, 0.25) is 5.91 Å². The van der Waals surface area contributed by atoms with E-state index in [1.54, 1.807) is 7.11 Å². The molecular weight excluding hydrogens is 390 g/mol. The highest BCUT2D eigenvalue weighted by Crippen LogP contribution is 2.28. The molecule has 0 radical (unpaired) electrons. The first-order chi connectivity index (χ1) is 15.1. The number of unbranched alkanes of at least 4 members (excludes halogenated alkanes) is 1. The second-order valence-electron chi connectivity index (χ2n) is 7.37. The zero-order valence-corrected chi connectivity index (χ0v) is 18.6. The minimum atomic E-state index is -0.0195. The molecule has 1 heterocycles. The quantitative estimate of drug-likeness (QED) is 0.459. The van der Waals surface area contributed by atoms with Crippen molar-refractivity contribution >= 4 is 23.0 Å². The first-order valence-electron chi connectivity index (χ1n) is 10.7. The maximum absolute atomic E-state index is 11.2. The summed E-state index contributed by atoms with van der Waals surface area (Å²) in [5.74, 6) is 2.49. The van der Waals surface area contributed by atoms with Gasteiger partial charge < -0.3 is 19.4 Å². The molecular formula is C25H31N3O3. The fourth-order valence-electron chi connectivity index (χ4n) is 3.57. The molecule has 3 rings (SSSR count). The number of rotatable bonds is 11. The number of hydrogen-bond acceptors (Lipinski definition) is 4. The standard InChI is InChI=1S/C25H31N3O3/c1-4-9-20-12-13-23(24(18-20)30-3)31-17-8-7-16-28-22-11-6-5-10-21(22)27-25(28)14-15-26-19(2)29/h4-6,9-13,18H,7-8,14-17H2,1-3H3,(H,26,29)/b9-4+. The molecule has 0 aliphatic heterocycles. The lowest BCUT2D eigenvalue weighted by Crippen LogP contribution is -2.23. The highest BCUT2D eigenvalue weighted by molar-refractivity contribution is 5.76. The summed E-state index contributed by atoms with van der Waals surface area (Å²) in [7, 11) is 1.66. The molecule has 0 spiro atoms. The van der Waals surface area contributed by atoms with Crippen LogP contribution in [0, 0.1) is 0 Å². The number of fused-ring (bicyclic) bond motifs is 1. The number of nitrogens with zero attached hydrogens (tertiary/aromatic N) is 2. The summed E-state index contributed by atoms with van der Waals surface area (Å²) < 4.78 is 13.7. The predicted octanol–water partition coefficient (Wildman–Crippen LogP) is 4.62. The highest BCUT2D eigenvalue weighted by atomic mass is 16.5. The Labute approximate surface area is 183 Å². The number of para-hydroxylation sites is 2. The van der Waals surface area contributed by atoms with Gasteiger partial charge in [-0.05, 0) is 49.6 Å². The fourth-order valence-corrected chi connectivity index (χ4v) is 3.57. The van der Waals surface area contributed by atoms with Crippen molar-refractivity contribution in [2.75, 3.05) is 20.3 Å². The first-order valence-corrected chi connectivity index (χ1v) is 10.7. The molecule has 1 amide bonds. The van der Waals surface area contributed by atoms with E-state index in [-0.39, 0.29) is 5.91 Å². The number of imidazole rings is 1. The van der Waals surface area contributed by atoms with E-state index in [0.717, 1.165) is 53.3 Å². The zero-order valence-electron chi connectivity index (χ0n) is 18.6. The van der Waals surface area contributed by atoms with Crippen molar-refractivity contribution in [1.29, 1.82) is 0 Å². The number of hydrogen-bond donors (Lipinski definition) is 1. The molecule has 0 aliphatic carbocycles. The van der Waals surface area contributed by atoms with Crippen molar-refractivity contribution in [1.82, 2.24) is 14.9 Å². The highest BCUT2D eigenvalue weighted by Gasteiger charge is 2.10. The third-order valence-corrected chi connectivity index (χ3v) is 5.04. The van der Waals surface area contributed by atoms with Gasteiger partial charge in [-0.15, -0.1) is 0 Å². The van der Waals surface area contributed by atoms with Crippen LogP contribution in [0.15, 0.2) is 48.5 Å². The molecule has 164 valence electrons. The van der Waals surface area contributed by atoms with Crippen LogP contribution in [0.2, 0.25) is 0 Å². The van der Waals surface area contributed by atoms with Crippen molar-refractivity contribution in [3.05, 3.63) is 59.9 Å². The van der Waals surface area contributed by atoms with Crippen LogP contribution in [0.25, 0.3) is 17.1 Å². The number of ether oxygens (including phenoxy) is 2. The van der Waals surface area contributed by atoms with E-state index in [1.807, 2.05) is 55.5 Å². The molecule has 3 aromatic rings. The van der Waals surface area contributed by atoms with Crippen molar-refractivity contribution < 1.29 is 14.3 Å². The Morgan fingerprint density at radius 2 is 2.00 bits per heavy atom. The Morgan fingerprint density at radius 3 is 2.77 bits per heavy atom. The van der Waals surface area contributed by atoms with Crippen molar-refractivity contribution in [3.63, 3.8) is 0 Å². The van der Waals surface area contributed by atoms with Gasteiger partial charge in [-0.3, -0.25) is 4.79 Å². The maximum Gasteiger partial charge on any atom is 0.216 e. The average molecular weight is 422 g/mol. The van der Waals surface area contributed by atoms with Crippen LogP contribution in [-0.4, -0.2) is 35.7 Å². The summed E-state index contributed by atoms with van der Waals surface area (Å²) >= 11 is 0. The van der Waals surface area contributed by atoms with E-state index in [4.69, 9.17) is 14.5 Å². The number of aromatic nitrogens is 2. The Hall–Kier alpha value is -3.28. The second-order valence-corrected chi connectivity index (χ2v) is 7.37. The minimum absolute atomic E-state index is 0.0195. The third kappa shape index (κ3) is 6.10. The lowest BCUT2D eigenvalue weighted by Gasteiger charge is -2.12. The van der Waals surface area contributed by atoms with E-state index in [0.29, 0.717) is 19.6 Å². The summed E-state index contributed by atoms with van der Waals surface area (Å²) in [6.07, 6.45) is 6.62. The molecule has 6 nitrogen and oxygen atoms in total. The lowest BCUT2D eigenvalue weighted by molar-refractivity contribution is -0.118. The number of benzene rings is 2. The molecule has 6 heteroatoms. The van der Waals surface area contributed by atoms with Gasteiger partial charge in [-0.2, -0.15) is 0 Å². The van der Waals surface area contributed by atoms with Crippen LogP contribution in [0.5, 0.6) is 11.5 Å². The zero-order chi connectivity index (χ0) is 22.1. The van der Waals surface area contributed by atoms with Crippen LogP contribution < -0.4 is 14.8 Å². The van der Waals surface area contributed by atoms with E-state index >= 15 is 0 Å². The molecule has 0 aliphatic rings. The molecule has 0 bridgehead atoms. The predicted molar refractivity (Wildman–Crippen MR) is 125 cm³/mol. The normalized spacial score (nSPS) is 11.2. The van der Waals surface area contributed by atoms with Crippen LogP contribution in [0.3, 0.4) is 0 Å². The van der Waals surface area contributed by atoms with Gasteiger partial charge in [0.15, 0.2) is 11.5 Å². The number of methoxy groups -OCH3 is 1. The Balaban J connectivity index is 1.57. The van der Waals surface area contributed by atoms with Crippen LogP contribution in [0.4, 0.5) is 0 Å². The van der Waals surface area contributed by atoms with Crippen LogP contribution in [0.1, 0.15) is 38.1 Å². The Morgan fingerprint density at radius 1 is 1.16 bits per heavy atom. The minimum Gasteiger partial charge on any atom is -0.493 e. The SMILES string of the molecule is C/C=C/c1ccc(OCCCCn2c(CCNC(C)=O)nc3ccccc32)c(OC)c1. The van der Waals surface area contributed by atoms with Gasteiger partial charge in [0, 0.05) is 26.4 Å². The van der Waals surface area contributed by atoms with Gasteiger partial charge in [-0.25, -0.2) is 4.98 Å². The molecule has 0 saturated carbocycles. The average Bonchev–Trinajstić information content (AvgIpc) is 3.11. The van der Waals surface area contributed by atoms with E-state index in [1.165, 1.54) is 6.92 Å². The van der Waals surface area contributed by atoms with Gasteiger partial charge in [-0.1, -0.05) is 30.4 Å². The van der Waals surface area contributed by atoms with Gasteiger partial charge in [0.05, 0.1) is 24.8 Å². The molecule has 2 aromatic carbocycles. The smallest absolute Gasteiger partial charge is 0.216 e. The topological polar surface area (TPSA) is 65.4 Å². The molecule has 0 saturated heterocycles. The summed E-state index contributed by atoms with van der Waals surface area (Å²) in [6, 6.07) is 14.1. The van der Waals surface area contributed by atoms with Crippen molar-refractivity contribution in [2.45, 2.75) is 39.7 Å². The third-order valence-electron chi connectivity index (χ3n) is 5.04. The van der Waals surface area contributed by atoms with E-state index < -0.39 is 0 Å². The molecule has 0 fully saturated rings. The number of allylic oxidation sites excluding steroid dienone is 1. The molecule has 1 aromatic heterocycles. The number of amides is 1. The van der Waals surface area contributed by atoms with Crippen molar-refractivity contribution in [3.8, 4) is 11.5 Å². The second kappa shape index (κ2) is 11.2. The largest absolute Gasteiger partial charge is 0.493 e. The monoisotopic (exact) mass is 421 g/mol. The first kappa shape index (κ1) is 22.4. The number of carbonyl (C=O) groups excluding carboxylic acids is 1. The Bertz CT molecular complexity index is 1040. The lowest BCUT2D eigenvalue weighted by atomic mass is 10.2. The van der Waals surface area contributed by atoms with Crippen LogP contribution in [-0.2, 0) is 17.8 Å². The number of nitrogens with one attached hydrogen (secondary N) is 1. The fraction of sp³-hybridized carbons (Fsp3) is 0.360. The number of aryl methyl sites for hydroxylation is 1. The van der Waals surface area contributed by atoms with E-state index in [9.17, 15) is 4.79 Å². The summed E-state index contributed by atoms with van der Waals surface area (Å²) in [5.41, 5.74) is 3.20. The molecule has 0 atom stereocenters. The molecule has 31 heavy (non-hydrogen) atoms. The van der Waals surface area contributed by atoms with Gasteiger partial charge in [0.25, 0.3) is 0 Å². The maximum atomic E-state index is 11.2. The Kier molecular flexibility index (Phi) is 8.10. The van der Waals surface area contributed by atoms with Gasteiger partial charge in [0.1, 0.15) is 5.82 Å².